The predicted molar refractivity (Wildman–Crippen MR) is 98.0 cm³/mol. The number of nitrogens with one attached hydrogen (secondary N) is 1. The third-order valence-corrected chi connectivity index (χ3v) is 5.09. The molecule has 1 aromatic carbocycles. The Morgan fingerprint density at radius 3 is 2.92 bits per heavy atom. The van der Waals surface area contributed by atoms with Gasteiger partial charge in [-0.3, -0.25) is 9.59 Å². The van der Waals surface area contributed by atoms with Gasteiger partial charge in [0.1, 0.15) is 5.76 Å². The van der Waals surface area contributed by atoms with Crippen LogP contribution in [0.2, 0.25) is 0 Å². The molecule has 3 rings (SSSR count). The lowest BCUT2D eigenvalue weighted by Crippen LogP contribution is -2.48. The van der Waals surface area contributed by atoms with Crippen LogP contribution in [0.1, 0.15) is 29.7 Å². The Bertz CT molecular complexity index is 795. The zero-order chi connectivity index (χ0) is 18.5. The summed E-state index contributed by atoms with van der Waals surface area (Å²) in [4.78, 5) is 25.4. The standard InChI is InChI=1S/C20H26N2O4/c1-14-4-3-5-15(10-14)11-16-8-9-22(13-18(16)25-2)20(24)7-6-17-12-19(23)21-26-17/h3-5,10,12,16,18H,6-9,11,13H2,1-2H3,(H,21,23)/t16-,18+/m1/s1. The molecule has 0 unspecified atom stereocenters. The third-order valence-electron chi connectivity index (χ3n) is 5.09. The number of methoxy groups -OCH3 is 1. The Kier molecular flexibility index (Phi) is 5.93. The van der Waals surface area contributed by atoms with E-state index in [0.717, 1.165) is 19.4 Å². The minimum absolute atomic E-state index is 0.0402. The SMILES string of the molecule is CO[C@H]1CN(C(=O)CCc2cc(=O)[nH]o2)CC[C@@H]1Cc1cccc(C)c1. The van der Waals surface area contributed by atoms with Gasteiger partial charge in [0.15, 0.2) is 0 Å². The topological polar surface area (TPSA) is 75.5 Å². The van der Waals surface area contributed by atoms with Crippen molar-refractivity contribution in [3.05, 3.63) is 57.6 Å². The molecule has 26 heavy (non-hydrogen) atoms. The molecule has 1 aromatic heterocycles. The zero-order valence-electron chi connectivity index (χ0n) is 15.4. The summed E-state index contributed by atoms with van der Waals surface area (Å²) < 4.78 is 10.7. The van der Waals surface area contributed by atoms with E-state index in [9.17, 15) is 9.59 Å². The monoisotopic (exact) mass is 358 g/mol. The molecule has 1 aliphatic rings. The Morgan fingerprint density at radius 2 is 2.23 bits per heavy atom. The number of hydrogen-bond donors (Lipinski definition) is 1. The van der Waals surface area contributed by atoms with Gasteiger partial charge in [-0.1, -0.05) is 29.8 Å². The summed E-state index contributed by atoms with van der Waals surface area (Å²) >= 11 is 0. The zero-order valence-corrected chi connectivity index (χ0v) is 15.4. The van der Waals surface area contributed by atoms with Gasteiger partial charge in [0.05, 0.1) is 6.10 Å². The first kappa shape index (κ1) is 18.5. The van der Waals surface area contributed by atoms with E-state index in [-0.39, 0.29) is 17.6 Å². The number of piperidine rings is 1. The molecule has 0 aliphatic carbocycles. The molecular weight excluding hydrogens is 332 g/mol. The number of H-pyrrole nitrogens is 1. The highest BCUT2D eigenvalue weighted by atomic mass is 16.5. The van der Waals surface area contributed by atoms with Crippen LogP contribution < -0.4 is 5.56 Å². The van der Waals surface area contributed by atoms with Crippen molar-refractivity contribution >= 4 is 5.91 Å². The van der Waals surface area contributed by atoms with E-state index in [4.69, 9.17) is 9.26 Å². The fourth-order valence-corrected chi connectivity index (χ4v) is 3.67. The molecule has 1 fully saturated rings. The van der Waals surface area contributed by atoms with Crippen LogP contribution in [-0.4, -0.2) is 42.3 Å². The maximum Gasteiger partial charge on any atom is 0.280 e. The second-order valence-electron chi connectivity index (χ2n) is 7.03. The highest BCUT2D eigenvalue weighted by Crippen LogP contribution is 2.25. The molecule has 0 bridgehead atoms. The summed E-state index contributed by atoms with van der Waals surface area (Å²) in [5.74, 6) is 0.999. The number of benzene rings is 1. The molecule has 1 aliphatic heterocycles. The number of rotatable bonds is 6. The summed E-state index contributed by atoms with van der Waals surface area (Å²) in [6, 6.07) is 9.95. The van der Waals surface area contributed by atoms with Crippen molar-refractivity contribution in [3.63, 3.8) is 0 Å². The summed E-state index contributed by atoms with van der Waals surface area (Å²) in [5.41, 5.74) is 2.31. The van der Waals surface area contributed by atoms with Crippen LogP contribution in [0.4, 0.5) is 0 Å². The van der Waals surface area contributed by atoms with Crippen molar-refractivity contribution < 1.29 is 14.1 Å². The van der Waals surface area contributed by atoms with E-state index >= 15 is 0 Å². The fraction of sp³-hybridized carbons (Fsp3) is 0.500. The van der Waals surface area contributed by atoms with Gasteiger partial charge in [-0.2, -0.15) is 5.16 Å². The second-order valence-corrected chi connectivity index (χ2v) is 7.03. The van der Waals surface area contributed by atoms with Crippen molar-refractivity contribution in [2.24, 2.45) is 5.92 Å². The molecule has 0 radical (unpaired) electrons. The molecule has 1 N–H and O–H groups in total. The van der Waals surface area contributed by atoms with E-state index in [1.54, 1.807) is 7.11 Å². The minimum atomic E-state index is -0.274. The van der Waals surface area contributed by atoms with Crippen molar-refractivity contribution in [3.8, 4) is 0 Å². The van der Waals surface area contributed by atoms with Crippen molar-refractivity contribution in [2.75, 3.05) is 20.2 Å². The van der Waals surface area contributed by atoms with Crippen molar-refractivity contribution in [1.82, 2.24) is 10.1 Å². The number of likely N-dealkylation sites (tertiary alicyclic amines) is 1. The van der Waals surface area contributed by atoms with Crippen LogP contribution in [0.5, 0.6) is 0 Å². The lowest BCUT2D eigenvalue weighted by atomic mass is 9.87. The highest BCUT2D eigenvalue weighted by Gasteiger charge is 2.31. The Labute approximate surface area is 153 Å². The normalized spacial score (nSPS) is 20.3. The van der Waals surface area contributed by atoms with Gasteiger partial charge in [-0.05, 0) is 31.2 Å². The Morgan fingerprint density at radius 1 is 1.38 bits per heavy atom. The lowest BCUT2D eigenvalue weighted by Gasteiger charge is -2.38. The lowest BCUT2D eigenvalue weighted by molar-refractivity contribution is -0.136. The van der Waals surface area contributed by atoms with Crippen LogP contribution >= 0.6 is 0 Å². The average Bonchev–Trinajstić information content (AvgIpc) is 3.05. The van der Waals surface area contributed by atoms with E-state index in [2.05, 4.69) is 36.3 Å². The number of carbonyl (C=O) groups is 1. The number of carbonyl (C=O) groups excluding carboxylic acids is 1. The average molecular weight is 358 g/mol. The number of aromatic nitrogens is 1. The summed E-state index contributed by atoms with van der Waals surface area (Å²) in [7, 11) is 1.72. The van der Waals surface area contributed by atoms with Crippen LogP contribution in [0.3, 0.4) is 0 Å². The molecule has 0 saturated carbocycles. The van der Waals surface area contributed by atoms with Crippen LogP contribution in [-0.2, 0) is 22.4 Å². The van der Waals surface area contributed by atoms with E-state index in [0.29, 0.717) is 31.1 Å². The summed E-state index contributed by atoms with van der Waals surface area (Å²) in [5, 5.41) is 2.25. The maximum absolute atomic E-state index is 12.5. The van der Waals surface area contributed by atoms with Gasteiger partial charge in [0.2, 0.25) is 5.91 Å². The number of aromatic amines is 1. The largest absolute Gasteiger partial charge is 0.384 e. The first-order chi connectivity index (χ1) is 12.5. The maximum atomic E-state index is 12.5. The molecular formula is C20H26N2O4. The molecule has 140 valence electrons. The highest BCUT2D eigenvalue weighted by molar-refractivity contribution is 5.76. The van der Waals surface area contributed by atoms with Gasteiger partial charge >= 0.3 is 0 Å². The molecule has 1 saturated heterocycles. The molecule has 2 aromatic rings. The van der Waals surface area contributed by atoms with E-state index in [1.165, 1.54) is 17.2 Å². The van der Waals surface area contributed by atoms with Gasteiger partial charge in [-0.25, -0.2) is 0 Å². The minimum Gasteiger partial charge on any atom is -0.384 e. The molecule has 1 amide bonds. The van der Waals surface area contributed by atoms with Gasteiger partial charge in [0, 0.05) is 39.1 Å². The van der Waals surface area contributed by atoms with Crippen LogP contribution in [0.25, 0.3) is 0 Å². The fourth-order valence-electron chi connectivity index (χ4n) is 3.67. The van der Waals surface area contributed by atoms with E-state index < -0.39 is 0 Å². The Balaban J connectivity index is 1.54. The molecule has 2 heterocycles. The number of ether oxygens (including phenoxy) is 1. The smallest absolute Gasteiger partial charge is 0.280 e. The van der Waals surface area contributed by atoms with Gasteiger partial charge < -0.3 is 14.2 Å². The van der Waals surface area contributed by atoms with Crippen LogP contribution in [0, 0.1) is 12.8 Å². The quantitative estimate of drug-likeness (QED) is 0.860. The first-order valence-electron chi connectivity index (χ1n) is 9.08. The summed E-state index contributed by atoms with van der Waals surface area (Å²) in [6.45, 7) is 3.46. The predicted octanol–water partition coefficient (Wildman–Crippen LogP) is 2.32. The number of hydrogen-bond acceptors (Lipinski definition) is 4. The number of aryl methyl sites for hydroxylation is 2. The first-order valence-corrected chi connectivity index (χ1v) is 9.08. The molecule has 0 spiro atoms. The second kappa shape index (κ2) is 8.36. The van der Waals surface area contributed by atoms with Gasteiger partial charge in [-0.15, -0.1) is 0 Å². The number of nitrogens with zero attached hydrogens (tertiary/aromatic N) is 1. The third kappa shape index (κ3) is 4.64. The van der Waals surface area contributed by atoms with Crippen molar-refractivity contribution in [1.29, 1.82) is 0 Å². The molecule has 2 atom stereocenters. The molecule has 6 nitrogen and oxygen atoms in total. The summed E-state index contributed by atoms with van der Waals surface area (Å²) in [6.07, 6.45) is 2.70. The number of amides is 1. The van der Waals surface area contributed by atoms with Gasteiger partial charge in [0.25, 0.3) is 5.56 Å². The Hall–Kier alpha value is -2.34. The molecule has 6 heteroatoms. The van der Waals surface area contributed by atoms with Crippen LogP contribution in [0.15, 0.2) is 39.6 Å². The van der Waals surface area contributed by atoms with E-state index in [1.807, 2.05) is 4.90 Å². The van der Waals surface area contributed by atoms with Crippen molar-refractivity contribution in [2.45, 2.75) is 38.7 Å².